The number of anilines is 1. The number of halogens is 1. The highest BCUT2D eigenvalue weighted by Crippen LogP contribution is 2.21. The lowest BCUT2D eigenvalue weighted by Crippen LogP contribution is -2.45. The molecule has 26 heavy (non-hydrogen) atoms. The lowest BCUT2D eigenvalue weighted by molar-refractivity contribution is 0.343. The van der Waals surface area contributed by atoms with Gasteiger partial charge in [-0.3, -0.25) is 4.99 Å². The van der Waals surface area contributed by atoms with E-state index in [-0.39, 0.29) is 11.9 Å². The largest absolute Gasteiger partial charge is 0.357 e. The number of hydrogen-bond donors (Lipinski definition) is 2. The van der Waals surface area contributed by atoms with E-state index < -0.39 is 0 Å². The summed E-state index contributed by atoms with van der Waals surface area (Å²) in [5.41, 5.74) is 0. The van der Waals surface area contributed by atoms with Crippen LogP contribution in [0, 0.1) is 11.7 Å². The first-order valence-electron chi connectivity index (χ1n) is 9.82. The maximum absolute atomic E-state index is 13.9. The highest BCUT2D eigenvalue weighted by atomic mass is 19.1. The van der Waals surface area contributed by atoms with Gasteiger partial charge in [0.05, 0.1) is 0 Å². The molecule has 2 N–H and O–H groups in total. The molecular weight excluding hydrogens is 331 g/mol. The van der Waals surface area contributed by atoms with Gasteiger partial charge in [-0.15, -0.1) is 0 Å². The van der Waals surface area contributed by atoms with Crippen LogP contribution in [-0.4, -0.2) is 67.7 Å². The molecule has 0 aliphatic carbocycles. The zero-order valence-electron chi connectivity index (χ0n) is 15.9. The van der Waals surface area contributed by atoms with Gasteiger partial charge in [0.25, 0.3) is 0 Å². The highest BCUT2D eigenvalue weighted by molar-refractivity contribution is 5.80. The molecule has 3 heterocycles. The van der Waals surface area contributed by atoms with E-state index >= 15 is 0 Å². The third-order valence-electron chi connectivity index (χ3n) is 5.24. The average Bonchev–Trinajstić information content (AvgIpc) is 3.29. The van der Waals surface area contributed by atoms with Crippen LogP contribution in [-0.2, 0) is 0 Å². The van der Waals surface area contributed by atoms with E-state index in [1.807, 2.05) is 4.90 Å². The SMILES string of the molecule is CCNC(=NCC1CCN(CC)C1)NC1CCN(c2ncccc2F)C1. The summed E-state index contributed by atoms with van der Waals surface area (Å²) in [6.45, 7) is 11.0. The number of rotatable bonds is 6. The van der Waals surface area contributed by atoms with Crippen molar-refractivity contribution in [1.29, 1.82) is 0 Å². The Morgan fingerprint density at radius 2 is 2.19 bits per heavy atom. The minimum atomic E-state index is -0.254. The Morgan fingerprint density at radius 1 is 1.31 bits per heavy atom. The van der Waals surface area contributed by atoms with Crippen molar-refractivity contribution in [3.63, 3.8) is 0 Å². The fraction of sp³-hybridized carbons (Fsp3) is 0.684. The Morgan fingerprint density at radius 3 is 2.92 bits per heavy atom. The molecule has 3 rings (SSSR count). The van der Waals surface area contributed by atoms with E-state index in [0.717, 1.165) is 51.6 Å². The number of nitrogens with zero attached hydrogens (tertiary/aromatic N) is 4. The van der Waals surface area contributed by atoms with Gasteiger partial charge < -0.3 is 20.4 Å². The standard InChI is InChI=1S/C19H31FN6/c1-3-21-19(23-12-15-7-10-25(4-2)13-15)24-16-8-11-26(14-16)18-17(20)6-5-9-22-18/h5-6,9,15-16H,3-4,7-8,10-14H2,1-2H3,(H2,21,23,24). The first-order chi connectivity index (χ1) is 12.7. The first kappa shape index (κ1) is 18.9. The minimum absolute atomic E-state index is 0.254. The zero-order valence-corrected chi connectivity index (χ0v) is 15.9. The van der Waals surface area contributed by atoms with Gasteiger partial charge in [0, 0.05) is 45.0 Å². The van der Waals surface area contributed by atoms with Crippen molar-refractivity contribution in [2.45, 2.75) is 32.7 Å². The number of hydrogen-bond acceptors (Lipinski definition) is 4. The van der Waals surface area contributed by atoms with Crippen LogP contribution in [0.2, 0.25) is 0 Å². The van der Waals surface area contributed by atoms with Crippen molar-refractivity contribution >= 4 is 11.8 Å². The summed E-state index contributed by atoms with van der Waals surface area (Å²) in [5, 5.41) is 6.86. The molecule has 2 fully saturated rings. The summed E-state index contributed by atoms with van der Waals surface area (Å²) in [5.74, 6) is 1.71. The van der Waals surface area contributed by atoms with Crippen molar-refractivity contribution in [2.24, 2.45) is 10.9 Å². The Labute approximate surface area is 155 Å². The molecule has 2 aliphatic heterocycles. The molecule has 0 amide bonds. The van der Waals surface area contributed by atoms with Gasteiger partial charge in [-0.05, 0) is 50.9 Å². The van der Waals surface area contributed by atoms with Crippen LogP contribution in [0.1, 0.15) is 26.7 Å². The molecule has 144 valence electrons. The molecular formula is C19H31FN6. The number of nitrogens with one attached hydrogen (secondary N) is 2. The normalized spacial score (nSPS) is 24.3. The molecule has 0 aromatic carbocycles. The number of aliphatic imine (C=N–C) groups is 1. The van der Waals surface area contributed by atoms with Crippen LogP contribution in [0.4, 0.5) is 10.2 Å². The molecule has 2 unspecified atom stereocenters. The number of likely N-dealkylation sites (tertiary alicyclic amines) is 1. The minimum Gasteiger partial charge on any atom is -0.357 e. The van der Waals surface area contributed by atoms with Gasteiger partial charge in [-0.25, -0.2) is 9.37 Å². The predicted molar refractivity (Wildman–Crippen MR) is 104 cm³/mol. The van der Waals surface area contributed by atoms with Gasteiger partial charge in [0.2, 0.25) is 0 Å². The van der Waals surface area contributed by atoms with Crippen molar-refractivity contribution < 1.29 is 4.39 Å². The van der Waals surface area contributed by atoms with E-state index in [9.17, 15) is 4.39 Å². The van der Waals surface area contributed by atoms with Gasteiger partial charge >= 0.3 is 0 Å². The first-order valence-corrected chi connectivity index (χ1v) is 9.82. The second kappa shape index (κ2) is 9.16. The quantitative estimate of drug-likeness (QED) is 0.596. The third kappa shape index (κ3) is 4.84. The third-order valence-corrected chi connectivity index (χ3v) is 5.24. The van der Waals surface area contributed by atoms with Crippen LogP contribution in [0.5, 0.6) is 0 Å². The Kier molecular flexibility index (Phi) is 6.66. The monoisotopic (exact) mass is 362 g/mol. The smallest absolute Gasteiger partial charge is 0.191 e. The van der Waals surface area contributed by atoms with Crippen molar-refractivity contribution in [2.75, 3.05) is 50.7 Å². The molecule has 0 bridgehead atoms. The fourth-order valence-electron chi connectivity index (χ4n) is 3.76. The second-order valence-corrected chi connectivity index (χ2v) is 7.15. The topological polar surface area (TPSA) is 55.8 Å². The summed E-state index contributed by atoms with van der Waals surface area (Å²) in [6.07, 6.45) is 3.83. The molecule has 1 aromatic heterocycles. The number of pyridine rings is 1. The van der Waals surface area contributed by atoms with Crippen molar-refractivity contribution in [1.82, 2.24) is 20.5 Å². The predicted octanol–water partition coefficient (Wildman–Crippen LogP) is 1.70. The summed E-state index contributed by atoms with van der Waals surface area (Å²) < 4.78 is 13.9. The Balaban J connectivity index is 1.53. The van der Waals surface area contributed by atoms with E-state index in [0.29, 0.717) is 11.7 Å². The number of guanidine groups is 1. The van der Waals surface area contributed by atoms with Crippen molar-refractivity contribution in [3.05, 3.63) is 24.1 Å². The molecule has 7 heteroatoms. The van der Waals surface area contributed by atoms with E-state index in [4.69, 9.17) is 4.99 Å². The van der Waals surface area contributed by atoms with Crippen molar-refractivity contribution in [3.8, 4) is 0 Å². The van der Waals surface area contributed by atoms with Crippen LogP contribution >= 0.6 is 0 Å². The maximum Gasteiger partial charge on any atom is 0.191 e. The van der Waals surface area contributed by atoms with E-state index in [2.05, 4.69) is 34.4 Å². The molecule has 0 radical (unpaired) electrons. The van der Waals surface area contributed by atoms with Crippen LogP contribution in [0.15, 0.2) is 23.3 Å². The van der Waals surface area contributed by atoms with Gasteiger partial charge in [0.1, 0.15) is 0 Å². The molecule has 6 nitrogen and oxygen atoms in total. The molecule has 2 atom stereocenters. The van der Waals surface area contributed by atoms with Gasteiger partial charge in [0.15, 0.2) is 17.6 Å². The molecule has 2 saturated heterocycles. The van der Waals surface area contributed by atoms with Gasteiger partial charge in [-0.2, -0.15) is 0 Å². The summed E-state index contributed by atoms with van der Waals surface area (Å²) in [6, 6.07) is 3.35. The van der Waals surface area contributed by atoms with Crippen LogP contribution in [0.3, 0.4) is 0 Å². The lowest BCUT2D eigenvalue weighted by atomic mass is 10.1. The van der Waals surface area contributed by atoms with Crippen LogP contribution < -0.4 is 15.5 Å². The summed E-state index contributed by atoms with van der Waals surface area (Å²) >= 11 is 0. The van der Waals surface area contributed by atoms with Crippen LogP contribution in [0.25, 0.3) is 0 Å². The van der Waals surface area contributed by atoms with E-state index in [1.54, 1.807) is 12.3 Å². The highest BCUT2D eigenvalue weighted by Gasteiger charge is 2.26. The Bertz CT molecular complexity index is 607. The molecule has 1 aromatic rings. The fourth-order valence-corrected chi connectivity index (χ4v) is 3.76. The number of aromatic nitrogens is 1. The summed E-state index contributed by atoms with van der Waals surface area (Å²) in [4.78, 5) is 13.5. The molecule has 0 spiro atoms. The summed E-state index contributed by atoms with van der Waals surface area (Å²) in [7, 11) is 0. The lowest BCUT2D eigenvalue weighted by Gasteiger charge is -2.20. The Hall–Kier alpha value is -1.89. The van der Waals surface area contributed by atoms with E-state index in [1.165, 1.54) is 19.0 Å². The maximum atomic E-state index is 13.9. The average molecular weight is 362 g/mol. The zero-order chi connectivity index (χ0) is 18.4. The molecule has 0 saturated carbocycles. The molecule has 2 aliphatic rings. The second-order valence-electron chi connectivity index (χ2n) is 7.15. The van der Waals surface area contributed by atoms with Gasteiger partial charge in [-0.1, -0.05) is 6.92 Å².